The molecule has 0 radical (unpaired) electrons. The first-order valence-corrected chi connectivity index (χ1v) is 6.47. The van der Waals surface area contributed by atoms with Gasteiger partial charge in [0.1, 0.15) is 0 Å². The number of aromatic nitrogens is 2. The monoisotopic (exact) mass is 248 g/mol. The van der Waals surface area contributed by atoms with Crippen molar-refractivity contribution in [3.63, 3.8) is 0 Å². The van der Waals surface area contributed by atoms with Crippen LogP contribution in [-0.4, -0.2) is 9.78 Å². The van der Waals surface area contributed by atoms with Gasteiger partial charge in [0, 0.05) is 11.3 Å². The molecule has 0 aliphatic heterocycles. The Bertz CT molecular complexity index is 654. The van der Waals surface area contributed by atoms with Gasteiger partial charge in [-0.2, -0.15) is 5.10 Å². The number of hydrogen-bond donors (Lipinski definition) is 0. The van der Waals surface area contributed by atoms with Gasteiger partial charge < -0.3 is 0 Å². The molecule has 2 aromatic carbocycles. The molecule has 0 N–H and O–H groups in total. The lowest BCUT2D eigenvalue weighted by molar-refractivity contribution is 0.667. The maximum absolute atomic E-state index is 4.69. The molecule has 0 aliphatic rings. The molecule has 0 amide bonds. The summed E-state index contributed by atoms with van der Waals surface area (Å²) in [5.41, 5.74) is 4.66. The molecule has 0 bridgehead atoms. The molecular formula is C17H16N2. The zero-order valence-electron chi connectivity index (χ0n) is 11.0. The van der Waals surface area contributed by atoms with Gasteiger partial charge in [-0.1, -0.05) is 60.7 Å². The van der Waals surface area contributed by atoms with E-state index in [1.807, 2.05) is 24.3 Å². The van der Waals surface area contributed by atoms with Gasteiger partial charge in [0.2, 0.25) is 0 Å². The summed E-state index contributed by atoms with van der Waals surface area (Å²) in [6.45, 7) is 2.92. The van der Waals surface area contributed by atoms with Gasteiger partial charge in [-0.05, 0) is 18.6 Å². The van der Waals surface area contributed by atoms with Crippen molar-refractivity contribution in [3.8, 4) is 11.3 Å². The topological polar surface area (TPSA) is 17.8 Å². The molecular weight excluding hydrogens is 232 g/mol. The summed E-state index contributed by atoms with van der Waals surface area (Å²) in [6.07, 6.45) is 0. The van der Waals surface area contributed by atoms with E-state index in [1.54, 1.807) is 0 Å². The average Bonchev–Trinajstić information content (AvgIpc) is 2.82. The van der Waals surface area contributed by atoms with Gasteiger partial charge >= 0.3 is 0 Å². The zero-order chi connectivity index (χ0) is 13.1. The first-order chi connectivity index (χ1) is 9.33. The van der Waals surface area contributed by atoms with Crippen LogP contribution >= 0.6 is 0 Å². The van der Waals surface area contributed by atoms with Crippen molar-refractivity contribution in [2.75, 3.05) is 0 Å². The number of aryl methyl sites for hydroxylation is 1. The Morgan fingerprint density at radius 3 is 2.21 bits per heavy atom. The highest BCUT2D eigenvalue weighted by molar-refractivity contribution is 5.59. The van der Waals surface area contributed by atoms with Crippen LogP contribution in [0.25, 0.3) is 11.3 Å². The highest BCUT2D eigenvalue weighted by Gasteiger charge is 2.06. The molecule has 1 aromatic heterocycles. The number of hydrogen-bond acceptors (Lipinski definition) is 1. The minimum absolute atomic E-state index is 0.819. The van der Waals surface area contributed by atoms with E-state index in [2.05, 4.69) is 54.1 Å². The van der Waals surface area contributed by atoms with E-state index >= 15 is 0 Å². The van der Waals surface area contributed by atoms with Gasteiger partial charge in [-0.25, -0.2) is 0 Å². The first kappa shape index (κ1) is 11.7. The first-order valence-electron chi connectivity index (χ1n) is 6.47. The van der Waals surface area contributed by atoms with Gasteiger partial charge in [-0.3, -0.25) is 4.68 Å². The van der Waals surface area contributed by atoms with Crippen LogP contribution in [0, 0.1) is 6.92 Å². The molecule has 0 atom stereocenters. The lowest BCUT2D eigenvalue weighted by Gasteiger charge is -2.04. The van der Waals surface area contributed by atoms with Crippen molar-refractivity contribution in [2.45, 2.75) is 13.5 Å². The number of rotatable bonds is 3. The Hall–Kier alpha value is -2.35. The average molecular weight is 248 g/mol. The second-order valence-corrected chi connectivity index (χ2v) is 4.68. The molecule has 0 saturated carbocycles. The van der Waals surface area contributed by atoms with E-state index in [4.69, 9.17) is 5.10 Å². The molecule has 0 spiro atoms. The number of nitrogens with zero attached hydrogens (tertiary/aromatic N) is 2. The molecule has 3 aromatic rings. The molecule has 2 heteroatoms. The Labute approximate surface area is 113 Å². The lowest BCUT2D eigenvalue weighted by atomic mass is 10.1. The smallest absolute Gasteiger partial charge is 0.0926 e. The maximum Gasteiger partial charge on any atom is 0.0926 e. The molecule has 0 fully saturated rings. The SMILES string of the molecule is Cc1cc(-c2ccccc2)nn1Cc1ccccc1. The van der Waals surface area contributed by atoms with E-state index in [0.29, 0.717) is 0 Å². The predicted molar refractivity (Wildman–Crippen MR) is 77.9 cm³/mol. The van der Waals surface area contributed by atoms with Gasteiger partial charge in [-0.15, -0.1) is 0 Å². The summed E-state index contributed by atoms with van der Waals surface area (Å²) >= 11 is 0. The quantitative estimate of drug-likeness (QED) is 0.687. The molecule has 0 saturated heterocycles. The van der Waals surface area contributed by atoms with Gasteiger partial charge in [0.05, 0.1) is 12.2 Å². The maximum atomic E-state index is 4.69. The molecule has 0 aliphatic carbocycles. The predicted octanol–water partition coefficient (Wildman–Crippen LogP) is 3.91. The normalized spacial score (nSPS) is 10.6. The summed E-state index contributed by atoms with van der Waals surface area (Å²) in [5, 5.41) is 4.69. The highest BCUT2D eigenvalue weighted by Crippen LogP contribution is 2.19. The Morgan fingerprint density at radius 1 is 0.895 bits per heavy atom. The van der Waals surface area contributed by atoms with Gasteiger partial charge in [0.15, 0.2) is 0 Å². The Kier molecular flexibility index (Phi) is 3.15. The fourth-order valence-electron chi connectivity index (χ4n) is 2.18. The summed E-state index contributed by atoms with van der Waals surface area (Å²) < 4.78 is 2.05. The molecule has 94 valence electrons. The van der Waals surface area contributed by atoms with Gasteiger partial charge in [0.25, 0.3) is 0 Å². The third kappa shape index (κ3) is 2.58. The standard InChI is InChI=1S/C17H16N2/c1-14-12-17(16-10-6-3-7-11-16)18-19(14)13-15-8-4-2-5-9-15/h2-12H,13H2,1H3. The second kappa shape index (κ2) is 5.11. The summed E-state index contributed by atoms with van der Waals surface area (Å²) in [7, 11) is 0. The fourth-order valence-corrected chi connectivity index (χ4v) is 2.18. The van der Waals surface area contributed by atoms with Crippen LogP contribution in [-0.2, 0) is 6.54 Å². The van der Waals surface area contributed by atoms with E-state index in [9.17, 15) is 0 Å². The Morgan fingerprint density at radius 2 is 1.53 bits per heavy atom. The lowest BCUT2D eigenvalue weighted by Crippen LogP contribution is -2.03. The zero-order valence-corrected chi connectivity index (χ0v) is 11.0. The molecule has 19 heavy (non-hydrogen) atoms. The molecule has 1 heterocycles. The molecule has 2 nitrogen and oxygen atoms in total. The van der Waals surface area contributed by atoms with Crippen LogP contribution in [0.5, 0.6) is 0 Å². The third-order valence-electron chi connectivity index (χ3n) is 3.23. The third-order valence-corrected chi connectivity index (χ3v) is 3.23. The van der Waals surface area contributed by atoms with Crippen molar-refractivity contribution in [1.29, 1.82) is 0 Å². The Balaban J connectivity index is 1.90. The second-order valence-electron chi connectivity index (χ2n) is 4.68. The minimum atomic E-state index is 0.819. The van der Waals surface area contributed by atoms with E-state index in [1.165, 1.54) is 11.3 Å². The summed E-state index contributed by atoms with van der Waals surface area (Å²) in [6, 6.07) is 22.8. The van der Waals surface area contributed by atoms with E-state index < -0.39 is 0 Å². The minimum Gasteiger partial charge on any atom is -0.265 e. The van der Waals surface area contributed by atoms with Crippen LogP contribution < -0.4 is 0 Å². The summed E-state index contributed by atoms with van der Waals surface area (Å²) in [5.74, 6) is 0. The summed E-state index contributed by atoms with van der Waals surface area (Å²) in [4.78, 5) is 0. The number of benzene rings is 2. The molecule has 0 unspecified atom stereocenters. The molecule has 3 rings (SSSR count). The van der Waals surface area contributed by atoms with Crippen molar-refractivity contribution >= 4 is 0 Å². The van der Waals surface area contributed by atoms with Crippen molar-refractivity contribution < 1.29 is 0 Å². The highest BCUT2D eigenvalue weighted by atomic mass is 15.3. The van der Waals surface area contributed by atoms with Crippen LogP contribution in [0.4, 0.5) is 0 Å². The van der Waals surface area contributed by atoms with Crippen molar-refractivity contribution in [3.05, 3.63) is 78.0 Å². The van der Waals surface area contributed by atoms with Crippen molar-refractivity contribution in [1.82, 2.24) is 9.78 Å². The fraction of sp³-hybridized carbons (Fsp3) is 0.118. The largest absolute Gasteiger partial charge is 0.265 e. The van der Waals surface area contributed by atoms with Crippen LogP contribution in [0.1, 0.15) is 11.3 Å². The van der Waals surface area contributed by atoms with E-state index in [0.717, 1.165) is 17.8 Å². The van der Waals surface area contributed by atoms with Crippen LogP contribution in [0.3, 0.4) is 0 Å². The van der Waals surface area contributed by atoms with Crippen LogP contribution in [0.2, 0.25) is 0 Å². The van der Waals surface area contributed by atoms with Crippen molar-refractivity contribution in [2.24, 2.45) is 0 Å². The van der Waals surface area contributed by atoms with Crippen LogP contribution in [0.15, 0.2) is 66.7 Å². The van der Waals surface area contributed by atoms with E-state index in [-0.39, 0.29) is 0 Å².